The van der Waals surface area contributed by atoms with Crippen molar-refractivity contribution in [1.82, 2.24) is 0 Å². The molecule has 1 aromatic carbocycles. The van der Waals surface area contributed by atoms with E-state index >= 15 is 0 Å². The lowest BCUT2D eigenvalue weighted by molar-refractivity contribution is -0.131. The van der Waals surface area contributed by atoms with Crippen LogP contribution in [-0.2, 0) is 14.0 Å². The third kappa shape index (κ3) is 4.23. The highest BCUT2D eigenvalue weighted by Gasteiger charge is 2.00. The number of carbonyl (C=O) groups is 2. The van der Waals surface area contributed by atoms with Gasteiger partial charge in [0, 0.05) is 12.2 Å². The summed E-state index contributed by atoms with van der Waals surface area (Å²) in [5, 5.41) is 0. The molecular formula is C10H10O4Si. The van der Waals surface area contributed by atoms with Crippen LogP contribution in [0.3, 0.4) is 0 Å². The van der Waals surface area contributed by atoms with Gasteiger partial charge in [0.25, 0.3) is 0 Å². The lowest BCUT2D eigenvalue weighted by Gasteiger charge is -1.99. The molecule has 1 aromatic rings. The van der Waals surface area contributed by atoms with Crippen molar-refractivity contribution in [2.24, 2.45) is 0 Å². The smallest absolute Gasteiger partial charge is 0.336 e. The van der Waals surface area contributed by atoms with Crippen LogP contribution in [0.15, 0.2) is 42.5 Å². The van der Waals surface area contributed by atoms with Crippen molar-refractivity contribution in [3.05, 3.63) is 42.5 Å². The molecule has 0 spiro atoms. The zero-order valence-electron chi connectivity index (χ0n) is 8.17. The van der Waals surface area contributed by atoms with Crippen LogP contribution in [0.5, 0.6) is 5.75 Å². The molecule has 0 unspecified atom stereocenters. The Kier molecular flexibility index (Phi) is 4.30. The molecule has 0 aliphatic carbocycles. The minimum absolute atomic E-state index is 0.307. The van der Waals surface area contributed by atoms with Crippen LogP contribution in [0.2, 0.25) is 0 Å². The first-order chi connectivity index (χ1) is 7.22. The Morgan fingerprint density at radius 3 is 2.27 bits per heavy atom. The number of ether oxygens (including phenoxy) is 1. The molecule has 0 N–H and O–H groups in total. The lowest BCUT2D eigenvalue weighted by Crippen LogP contribution is -2.05. The van der Waals surface area contributed by atoms with Gasteiger partial charge in [-0.25, -0.2) is 9.59 Å². The van der Waals surface area contributed by atoms with E-state index in [-0.39, 0.29) is 0 Å². The predicted octanol–water partition coefficient (Wildman–Crippen LogP) is -0.0282. The highest BCUT2D eigenvalue weighted by atomic mass is 28.2. The summed E-state index contributed by atoms with van der Waals surface area (Å²) in [7, 11) is 0.307. The molecule has 0 heterocycles. The molecule has 0 aliphatic rings. The highest BCUT2D eigenvalue weighted by Crippen LogP contribution is 2.08. The first-order valence-corrected chi connectivity index (χ1v) is 5.07. The van der Waals surface area contributed by atoms with Gasteiger partial charge in [0.1, 0.15) is 5.75 Å². The van der Waals surface area contributed by atoms with Gasteiger partial charge >= 0.3 is 11.9 Å². The normalized spacial score (nSPS) is 10.1. The van der Waals surface area contributed by atoms with Crippen LogP contribution in [0, 0.1) is 0 Å². The van der Waals surface area contributed by atoms with E-state index in [9.17, 15) is 9.59 Å². The van der Waals surface area contributed by atoms with Gasteiger partial charge in [-0.2, -0.15) is 0 Å². The van der Waals surface area contributed by atoms with Crippen LogP contribution in [0.25, 0.3) is 0 Å². The fourth-order valence-corrected chi connectivity index (χ4v) is 0.979. The second-order valence-corrected chi connectivity index (χ2v) is 3.00. The van der Waals surface area contributed by atoms with Gasteiger partial charge in [0.15, 0.2) is 0 Å². The number of carbonyl (C=O) groups excluding carboxylic acids is 2. The Hall–Kier alpha value is -1.88. The first kappa shape index (κ1) is 11.2. The summed E-state index contributed by atoms with van der Waals surface area (Å²) in [6.45, 7) is 0. The Bertz CT molecular complexity index is 372. The number of benzene rings is 1. The number of esters is 1. The molecule has 4 nitrogen and oxygen atoms in total. The standard InChI is InChI=1S/C10H10O4Si/c11-9(6-7-10(12)14-15)13-8-4-2-1-3-5-8/h1-7H,15H3/b7-6-. The second-order valence-electron chi connectivity index (χ2n) is 2.59. The van der Waals surface area contributed by atoms with E-state index in [0.717, 1.165) is 12.2 Å². The summed E-state index contributed by atoms with van der Waals surface area (Å²) in [4.78, 5) is 21.8. The Morgan fingerprint density at radius 1 is 1.07 bits per heavy atom. The quantitative estimate of drug-likeness (QED) is 0.312. The SMILES string of the molecule is O=C(/C=C\C(=O)Oc1ccccc1)O[SiH3]. The Balaban J connectivity index is 2.50. The van der Waals surface area contributed by atoms with E-state index in [0.29, 0.717) is 16.2 Å². The van der Waals surface area contributed by atoms with Gasteiger partial charge in [-0.15, -0.1) is 0 Å². The molecular weight excluding hydrogens is 212 g/mol. The van der Waals surface area contributed by atoms with E-state index in [1.54, 1.807) is 24.3 Å². The van der Waals surface area contributed by atoms with Crippen molar-refractivity contribution in [1.29, 1.82) is 0 Å². The third-order valence-electron chi connectivity index (χ3n) is 1.52. The monoisotopic (exact) mass is 222 g/mol. The maximum Gasteiger partial charge on any atom is 0.336 e. The molecule has 0 radical (unpaired) electrons. The maximum atomic E-state index is 11.1. The lowest BCUT2D eigenvalue weighted by atomic mass is 10.3. The fraction of sp³-hybridized carbons (Fsp3) is 0. The molecule has 0 saturated heterocycles. The molecule has 0 aliphatic heterocycles. The van der Waals surface area contributed by atoms with Crippen molar-refractivity contribution in [2.75, 3.05) is 0 Å². The zero-order valence-corrected chi connectivity index (χ0v) is 10.2. The van der Waals surface area contributed by atoms with Gasteiger partial charge < -0.3 is 9.16 Å². The molecule has 0 aromatic heterocycles. The van der Waals surface area contributed by atoms with Crippen molar-refractivity contribution in [3.8, 4) is 5.75 Å². The Labute approximate surface area is 90.0 Å². The van der Waals surface area contributed by atoms with Crippen molar-refractivity contribution in [2.45, 2.75) is 0 Å². The predicted molar refractivity (Wildman–Crippen MR) is 57.2 cm³/mol. The first-order valence-electron chi connectivity index (χ1n) is 4.25. The Morgan fingerprint density at radius 2 is 1.67 bits per heavy atom. The van der Waals surface area contributed by atoms with E-state index in [1.165, 1.54) is 0 Å². The second kappa shape index (κ2) is 5.76. The van der Waals surface area contributed by atoms with Gasteiger partial charge in [-0.3, -0.25) is 0 Å². The van der Waals surface area contributed by atoms with Crippen LogP contribution in [0.1, 0.15) is 0 Å². The molecule has 0 saturated carbocycles. The van der Waals surface area contributed by atoms with Crippen molar-refractivity contribution >= 4 is 22.4 Å². The summed E-state index contributed by atoms with van der Waals surface area (Å²) in [5.41, 5.74) is 0. The molecule has 78 valence electrons. The number of para-hydroxylation sites is 1. The fourth-order valence-electron chi connectivity index (χ4n) is 0.843. The van der Waals surface area contributed by atoms with Gasteiger partial charge in [0.2, 0.25) is 10.5 Å². The van der Waals surface area contributed by atoms with E-state index in [4.69, 9.17) is 4.74 Å². The molecule has 0 fully saturated rings. The molecule has 0 bridgehead atoms. The van der Waals surface area contributed by atoms with Gasteiger partial charge in [-0.1, -0.05) is 18.2 Å². The summed E-state index contributed by atoms with van der Waals surface area (Å²) in [5.74, 6) is -0.702. The van der Waals surface area contributed by atoms with E-state index in [1.807, 2.05) is 6.07 Å². The number of hydrogen-bond acceptors (Lipinski definition) is 4. The summed E-state index contributed by atoms with van der Waals surface area (Å²) < 4.78 is 9.34. The summed E-state index contributed by atoms with van der Waals surface area (Å²) in [6, 6.07) is 8.61. The molecule has 0 atom stereocenters. The highest BCUT2D eigenvalue weighted by molar-refractivity contribution is 6.08. The average Bonchev–Trinajstić information content (AvgIpc) is 2.27. The zero-order chi connectivity index (χ0) is 11.1. The topological polar surface area (TPSA) is 52.6 Å². The molecule has 1 rings (SSSR count). The average molecular weight is 222 g/mol. The molecule has 0 amide bonds. The third-order valence-corrected chi connectivity index (χ3v) is 1.92. The summed E-state index contributed by atoms with van der Waals surface area (Å²) in [6.07, 6.45) is 2.07. The minimum atomic E-state index is -0.603. The van der Waals surface area contributed by atoms with Crippen molar-refractivity contribution in [3.63, 3.8) is 0 Å². The van der Waals surface area contributed by atoms with Crippen LogP contribution in [0.4, 0.5) is 0 Å². The van der Waals surface area contributed by atoms with Crippen LogP contribution in [-0.4, -0.2) is 22.4 Å². The number of hydrogen-bond donors (Lipinski definition) is 0. The molecule has 5 heteroatoms. The van der Waals surface area contributed by atoms with Gasteiger partial charge in [-0.05, 0) is 12.1 Å². The number of rotatable bonds is 3. The summed E-state index contributed by atoms with van der Waals surface area (Å²) >= 11 is 0. The van der Waals surface area contributed by atoms with Gasteiger partial charge in [0.05, 0.1) is 0 Å². The van der Waals surface area contributed by atoms with Crippen molar-refractivity contribution < 1.29 is 18.8 Å². The maximum absolute atomic E-state index is 11.1. The van der Waals surface area contributed by atoms with E-state index < -0.39 is 11.9 Å². The molecule has 15 heavy (non-hydrogen) atoms. The van der Waals surface area contributed by atoms with Crippen LogP contribution < -0.4 is 4.74 Å². The van der Waals surface area contributed by atoms with E-state index in [2.05, 4.69) is 4.43 Å². The minimum Gasteiger partial charge on any atom is -0.526 e. The van der Waals surface area contributed by atoms with Crippen LogP contribution >= 0.6 is 0 Å². The largest absolute Gasteiger partial charge is 0.526 e.